The van der Waals surface area contributed by atoms with Crippen molar-refractivity contribution in [2.45, 2.75) is 46.0 Å². The SMILES string of the molecule is CCCc1nn(C)c2c(=O)[nH]c(-c3cc(N4CCC5(CCCN(c6ncc(C(=O)NO)cn6)C5)C4)ccc3OCC)nc12. The molecule has 5 heterocycles. The predicted molar refractivity (Wildman–Crippen MR) is 162 cm³/mol. The Labute approximate surface area is 248 Å². The van der Waals surface area contributed by atoms with Gasteiger partial charge in [-0.05, 0) is 50.8 Å². The van der Waals surface area contributed by atoms with E-state index in [0.717, 1.165) is 75.2 Å². The molecule has 1 atom stereocenters. The molecule has 0 aliphatic carbocycles. The highest BCUT2D eigenvalue weighted by molar-refractivity contribution is 5.92. The van der Waals surface area contributed by atoms with Crippen LogP contribution in [0.5, 0.6) is 5.75 Å². The molecular formula is C30H37N9O4. The van der Waals surface area contributed by atoms with Gasteiger partial charge in [-0.2, -0.15) is 5.10 Å². The van der Waals surface area contributed by atoms with E-state index in [9.17, 15) is 9.59 Å². The van der Waals surface area contributed by atoms with Crippen molar-refractivity contribution in [3.05, 3.63) is 52.2 Å². The van der Waals surface area contributed by atoms with Gasteiger partial charge in [0, 0.05) is 56.7 Å². The second-order valence-electron chi connectivity index (χ2n) is 11.5. The summed E-state index contributed by atoms with van der Waals surface area (Å²) >= 11 is 0. The van der Waals surface area contributed by atoms with Crippen LogP contribution in [0.15, 0.2) is 35.4 Å². The lowest BCUT2D eigenvalue weighted by atomic mass is 9.79. The number of aromatic nitrogens is 6. The number of nitrogens with zero attached hydrogens (tertiary/aromatic N) is 7. The third-order valence-corrected chi connectivity index (χ3v) is 8.52. The van der Waals surface area contributed by atoms with Crippen molar-refractivity contribution in [3.8, 4) is 17.1 Å². The van der Waals surface area contributed by atoms with Crippen LogP contribution in [0.2, 0.25) is 0 Å². The highest BCUT2D eigenvalue weighted by atomic mass is 16.5. The molecule has 0 saturated carbocycles. The average molecular weight is 588 g/mol. The number of nitrogens with one attached hydrogen (secondary N) is 2. The Kier molecular flexibility index (Phi) is 7.74. The number of anilines is 2. The van der Waals surface area contributed by atoms with Gasteiger partial charge in [0.2, 0.25) is 5.95 Å². The second-order valence-corrected chi connectivity index (χ2v) is 11.5. The van der Waals surface area contributed by atoms with Gasteiger partial charge in [-0.25, -0.2) is 20.4 Å². The predicted octanol–water partition coefficient (Wildman–Crippen LogP) is 3.08. The van der Waals surface area contributed by atoms with Crippen LogP contribution >= 0.6 is 0 Å². The minimum atomic E-state index is -0.635. The summed E-state index contributed by atoms with van der Waals surface area (Å²) in [5.74, 6) is 1.09. The maximum absolute atomic E-state index is 13.2. The largest absolute Gasteiger partial charge is 0.493 e. The second kappa shape index (κ2) is 11.6. The molecule has 226 valence electrons. The van der Waals surface area contributed by atoms with E-state index in [4.69, 9.17) is 14.9 Å². The zero-order valence-corrected chi connectivity index (χ0v) is 24.8. The number of piperidine rings is 1. The van der Waals surface area contributed by atoms with Gasteiger partial charge in [0.05, 0.1) is 23.4 Å². The number of H-pyrrole nitrogens is 1. The van der Waals surface area contributed by atoms with Crippen LogP contribution < -0.4 is 25.6 Å². The van der Waals surface area contributed by atoms with E-state index in [1.54, 1.807) is 17.2 Å². The number of rotatable bonds is 8. The zero-order valence-electron chi connectivity index (χ0n) is 24.8. The summed E-state index contributed by atoms with van der Waals surface area (Å²) < 4.78 is 7.60. The smallest absolute Gasteiger partial charge is 0.277 e. The van der Waals surface area contributed by atoms with Crippen LogP contribution in [0.4, 0.5) is 11.6 Å². The van der Waals surface area contributed by atoms with E-state index in [1.807, 2.05) is 13.0 Å². The molecule has 3 aromatic heterocycles. The van der Waals surface area contributed by atoms with Crippen molar-refractivity contribution in [1.29, 1.82) is 0 Å². The van der Waals surface area contributed by atoms with E-state index in [1.165, 1.54) is 12.4 Å². The van der Waals surface area contributed by atoms with Gasteiger partial charge in [-0.1, -0.05) is 13.3 Å². The van der Waals surface area contributed by atoms with Crippen molar-refractivity contribution in [2.24, 2.45) is 12.5 Å². The Morgan fingerprint density at radius 3 is 2.67 bits per heavy atom. The van der Waals surface area contributed by atoms with Gasteiger partial charge in [0.1, 0.15) is 17.1 Å². The molecule has 1 spiro atoms. The van der Waals surface area contributed by atoms with Crippen LogP contribution in [-0.2, 0) is 13.5 Å². The Hall–Kier alpha value is -4.52. The summed E-state index contributed by atoms with van der Waals surface area (Å²) in [5, 5.41) is 13.4. The summed E-state index contributed by atoms with van der Waals surface area (Å²) in [6.07, 6.45) is 7.65. The van der Waals surface area contributed by atoms with Gasteiger partial charge in [-0.3, -0.25) is 19.5 Å². The lowest BCUT2D eigenvalue weighted by Gasteiger charge is -2.40. The Morgan fingerprint density at radius 1 is 1.14 bits per heavy atom. The van der Waals surface area contributed by atoms with E-state index < -0.39 is 5.91 Å². The van der Waals surface area contributed by atoms with E-state index in [0.29, 0.717) is 35.2 Å². The Balaban J connectivity index is 1.28. The number of carbonyl (C=O) groups excluding carboxylic acids is 1. The molecule has 13 nitrogen and oxygen atoms in total. The number of benzene rings is 1. The quantitative estimate of drug-likeness (QED) is 0.207. The molecule has 2 aliphatic rings. The fourth-order valence-corrected chi connectivity index (χ4v) is 6.49. The zero-order chi connectivity index (χ0) is 30.1. The minimum absolute atomic E-state index is 0.0672. The Morgan fingerprint density at radius 2 is 1.93 bits per heavy atom. The number of aryl methyl sites for hydroxylation is 2. The molecule has 2 saturated heterocycles. The van der Waals surface area contributed by atoms with Crippen LogP contribution in [0.3, 0.4) is 0 Å². The van der Waals surface area contributed by atoms with Crippen LogP contribution in [0, 0.1) is 5.41 Å². The highest BCUT2D eigenvalue weighted by Crippen LogP contribution is 2.42. The number of hydrogen-bond acceptors (Lipinski definition) is 10. The first-order valence-corrected chi connectivity index (χ1v) is 14.8. The summed E-state index contributed by atoms with van der Waals surface area (Å²) in [6, 6.07) is 6.11. The monoisotopic (exact) mass is 587 g/mol. The van der Waals surface area contributed by atoms with E-state index in [2.05, 4.69) is 48.9 Å². The van der Waals surface area contributed by atoms with Crippen molar-refractivity contribution in [3.63, 3.8) is 0 Å². The first-order valence-electron chi connectivity index (χ1n) is 14.8. The molecule has 2 fully saturated rings. The van der Waals surface area contributed by atoms with Gasteiger partial charge in [0.15, 0.2) is 5.52 Å². The molecule has 6 rings (SSSR count). The number of ether oxygens (including phenoxy) is 1. The number of fused-ring (bicyclic) bond motifs is 1. The molecule has 3 N–H and O–H groups in total. The van der Waals surface area contributed by atoms with Crippen molar-refractivity contribution >= 4 is 28.6 Å². The number of aromatic amines is 1. The van der Waals surface area contributed by atoms with Crippen molar-refractivity contribution < 1.29 is 14.7 Å². The third kappa shape index (κ3) is 5.40. The maximum Gasteiger partial charge on any atom is 0.277 e. The van der Waals surface area contributed by atoms with Gasteiger partial charge in [0.25, 0.3) is 11.5 Å². The topological polar surface area (TPSA) is 154 Å². The molecule has 0 bridgehead atoms. The lowest BCUT2D eigenvalue weighted by Crippen LogP contribution is -2.45. The van der Waals surface area contributed by atoms with Crippen molar-refractivity contribution in [2.75, 3.05) is 42.6 Å². The molecule has 0 radical (unpaired) electrons. The summed E-state index contributed by atoms with van der Waals surface area (Å²) in [5.41, 5.74) is 5.38. The molecule has 13 heteroatoms. The average Bonchev–Trinajstić information content (AvgIpc) is 3.57. The molecular weight excluding hydrogens is 550 g/mol. The fourth-order valence-electron chi connectivity index (χ4n) is 6.49. The molecule has 1 amide bonds. The van der Waals surface area contributed by atoms with Crippen LogP contribution in [0.1, 0.15) is 55.6 Å². The summed E-state index contributed by atoms with van der Waals surface area (Å²) in [7, 11) is 1.77. The first-order chi connectivity index (χ1) is 20.8. The Bertz CT molecular complexity index is 1700. The molecule has 2 aliphatic heterocycles. The fraction of sp³-hybridized carbons (Fsp3) is 0.467. The molecule has 1 aromatic carbocycles. The van der Waals surface area contributed by atoms with Crippen molar-refractivity contribution in [1.82, 2.24) is 35.2 Å². The summed E-state index contributed by atoms with van der Waals surface area (Å²) in [6.45, 7) is 7.93. The molecule has 4 aromatic rings. The van der Waals surface area contributed by atoms with E-state index in [-0.39, 0.29) is 16.5 Å². The minimum Gasteiger partial charge on any atom is -0.493 e. The summed E-state index contributed by atoms with van der Waals surface area (Å²) in [4.78, 5) is 46.1. The molecule has 43 heavy (non-hydrogen) atoms. The molecule has 1 unspecified atom stereocenters. The normalized spacial score (nSPS) is 18.5. The highest BCUT2D eigenvalue weighted by Gasteiger charge is 2.42. The van der Waals surface area contributed by atoms with Gasteiger partial charge >= 0.3 is 0 Å². The van der Waals surface area contributed by atoms with Crippen LogP contribution in [0.25, 0.3) is 22.4 Å². The van der Waals surface area contributed by atoms with Crippen LogP contribution in [-0.4, -0.2) is 73.6 Å². The van der Waals surface area contributed by atoms with E-state index >= 15 is 0 Å². The number of hydroxylamine groups is 1. The standard InChI is InChI=1S/C30H37N9O4/c1-4-7-22-24-25(37(3)35-22)28(41)34-26(33-24)21-14-20(8-9-23(21)43-5-2)38-13-11-30(17-38)10-6-12-39(18-30)29-31-15-19(16-32-29)27(40)36-42/h8-9,14-16,42H,4-7,10-13,17-18H2,1-3H3,(H,36,40)(H,33,34,41). The lowest BCUT2D eigenvalue weighted by molar-refractivity contribution is 0.0705. The first kappa shape index (κ1) is 28.6. The number of hydrogen-bond donors (Lipinski definition) is 3. The third-order valence-electron chi connectivity index (χ3n) is 8.52. The van der Waals surface area contributed by atoms with Gasteiger partial charge < -0.3 is 19.5 Å². The van der Waals surface area contributed by atoms with Gasteiger partial charge in [-0.15, -0.1) is 0 Å². The maximum atomic E-state index is 13.2. The number of carbonyl (C=O) groups is 1. The number of amides is 1.